The summed E-state index contributed by atoms with van der Waals surface area (Å²) in [5.74, 6) is 0. The molecule has 0 radical (unpaired) electrons. The van der Waals surface area contributed by atoms with Crippen molar-refractivity contribution in [3.8, 4) is 0 Å². The molecule has 0 spiro atoms. The molecule has 0 aliphatic heterocycles. The first kappa shape index (κ1) is 25.1. The molecule has 5 heteroatoms. The van der Waals surface area contributed by atoms with E-state index >= 15 is 0 Å². The van der Waals surface area contributed by atoms with Gasteiger partial charge in [-0.25, -0.2) is 0 Å². The van der Waals surface area contributed by atoms with Crippen molar-refractivity contribution in [2.24, 2.45) is 5.41 Å². The van der Waals surface area contributed by atoms with Gasteiger partial charge in [-0.3, -0.25) is 0 Å². The fraction of sp³-hybridized carbons (Fsp3) is 1.00. The molecule has 0 rings (SSSR count). The van der Waals surface area contributed by atoms with Crippen LogP contribution in [0.15, 0.2) is 0 Å². The van der Waals surface area contributed by atoms with E-state index in [1.165, 1.54) is 25.7 Å². The predicted molar refractivity (Wildman–Crippen MR) is 115 cm³/mol. The van der Waals surface area contributed by atoms with Crippen LogP contribution in [0.5, 0.6) is 0 Å². The topological polar surface area (TPSA) is 19.0 Å². The summed E-state index contributed by atoms with van der Waals surface area (Å²) in [5.41, 5.74) is 0.274. The summed E-state index contributed by atoms with van der Waals surface area (Å²) in [6.45, 7) is 28.8. The second-order valence-corrected chi connectivity index (χ2v) is 12.3. The van der Waals surface area contributed by atoms with Crippen LogP contribution in [0, 0.1) is 5.41 Å². The van der Waals surface area contributed by atoms with Crippen molar-refractivity contribution in [3.63, 3.8) is 0 Å². The highest BCUT2D eigenvalue weighted by Gasteiger charge is 2.41. The molecule has 0 atom stereocenters. The van der Waals surface area contributed by atoms with Gasteiger partial charge in [0.25, 0.3) is 0 Å². The van der Waals surface area contributed by atoms with Crippen LogP contribution in [0.1, 0.15) is 41.5 Å². The normalized spacial score (nSPS) is 13.4. The lowest BCUT2D eigenvalue weighted by molar-refractivity contribution is 0.0728. The van der Waals surface area contributed by atoms with Gasteiger partial charge in [-0.05, 0) is 58.4 Å². The van der Waals surface area contributed by atoms with Crippen molar-refractivity contribution < 1.29 is 4.43 Å². The zero-order valence-corrected chi connectivity index (χ0v) is 19.8. The van der Waals surface area contributed by atoms with E-state index < -0.39 is 8.32 Å². The molecule has 152 valence electrons. The standard InChI is InChI=1S/C20H47N3OSi/c1-10-21(11-2)16-20(17-22(12-3)13-4,18-23(14-5)15-6)19-25(8,9)24-7/h10-19H2,1-9H3. The van der Waals surface area contributed by atoms with Crippen molar-refractivity contribution in [1.29, 1.82) is 0 Å². The lowest BCUT2D eigenvalue weighted by atomic mass is 9.87. The van der Waals surface area contributed by atoms with Gasteiger partial charge in [0.15, 0.2) is 8.32 Å². The van der Waals surface area contributed by atoms with Gasteiger partial charge >= 0.3 is 0 Å². The summed E-state index contributed by atoms with van der Waals surface area (Å²) in [6.07, 6.45) is 0. The van der Waals surface area contributed by atoms with E-state index in [-0.39, 0.29) is 5.41 Å². The van der Waals surface area contributed by atoms with E-state index in [4.69, 9.17) is 4.43 Å². The lowest BCUT2D eigenvalue weighted by Gasteiger charge is -2.46. The Morgan fingerprint density at radius 1 is 0.640 bits per heavy atom. The maximum Gasteiger partial charge on any atom is 0.186 e. The smallest absolute Gasteiger partial charge is 0.186 e. The van der Waals surface area contributed by atoms with Gasteiger partial charge in [0.05, 0.1) is 0 Å². The van der Waals surface area contributed by atoms with Crippen LogP contribution < -0.4 is 0 Å². The number of nitrogens with zero attached hydrogens (tertiary/aromatic N) is 3. The van der Waals surface area contributed by atoms with Crippen molar-refractivity contribution in [3.05, 3.63) is 0 Å². The summed E-state index contributed by atoms with van der Waals surface area (Å²) in [6, 6.07) is 1.22. The minimum atomic E-state index is -1.67. The van der Waals surface area contributed by atoms with Crippen molar-refractivity contribution in [1.82, 2.24) is 14.7 Å². The van der Waals surface area contributed by atoms with Gasteiger partial charge in [-0.1, -0.05) is 41.5 Å². The molecule has 0 fully saturated rings. The molecule has 0 N–H and O–H groups in total. The molecule has 0 heterocycles. The van der Waals surface area contributed by atoms with Crippen LogP contribution in [-0.4, -0.2) is 89.0 Å². The Hall–Kier alpha value is 0.0569. The Morgan fingerprint density at radius 3 is 1.12 bits per heavy atom. The third kappa shape index (κ3) is 9.00. The minimum Gasteiger partial charge on any atom is -0.420 e. The maximum atomic E-state index is 6.02. The molecule has 0 amide bonds. The van der Waals surface area contributed by atoms with Gasteiger partial charge in [0, 0.05) is 32.2 Å². The zero-order valence-electron chi connectivity index (χ0n) is 18.8. The Kier molecular flexibility index (Phi) is 12.5. The van der Waals surface area contributed by atoms with Crippen molar-refractivity contribution in [2.45, 2.75) is 60.7 Å². The van der Waals surface area contributed by atoms with Gasteiger partial charge in [-0.15, -0.1) is 0 Å². The third-order valence-corrected chi connectivity index (χ3v) is 8.42. The van der Waals surface area contributed by atoms with E-state index in [9.17, 15) is 0 Å². The van der Waals surface area contributed by atoms with E-state index in [1.54, 1.807) is 0 Å². The molecule has 0 unspecified atom stereocenters. The Labute approximate surface area is 160 Å². The summed E-state index contributed by atoms with van der Waals surface area (Å²) >= 11 is 0. The fourth-order valence-corrected chi connectivity index (χ4v) is 6.34. The van der Waals surface area contributed by atoms with Crippen molar-refractivity contribution >= 4 is 8.32 Å². The van der Waals surface area contributed by atoms with Crippen LogP contribution >= 0.6 is 0 Å². The second-order valence-electron chi connectivity index (χ2n) is 8.02. The third-order valence-electron chi connectivity index (χ3n) is 5.71. The predicted octanol–water partition coefficient (Wildman–Crippen LogP) is 3.85. The van der Waals surface area contributed by atoms with Gasteiger partial charge < -0.3 is 19.1 Å². The molecular formula is C20H47N3OSi. The second kappa shape index (κ2) is 12.4. The summed E-state index contributed by atoms with van der Waals surface area (Å²) < 4.78 is 6.02. The average Bonchev–Trinajstić information content (AvgIpc) is 2.61. The molecule has 0 bridgehead atoms. The fourth-order valence-electron chi connectivity index (χ4n) is 4.06. The SMILES string of the molecule is CCN(CC)CC(CN(CC)CC)(CN(CC)CC)C[Si](C)(C)OC. The highest BCUT2D eigenvalue weighted by Crippen LogP contribution is 2.33. The first-order valence-corrected chi connectivity index (χ1v) is 13.6. The summed E-state index contributed by atoms with van der Waals surface area (Å²) in [5, 5.41) is 0. The molecule has 0 aliphatic carbocycles. The minimum absolute atomic E-state index is 0.274. The van der Waals surface area contributed by atoms with Crippen LogP contribution in [0.2, 0.25) is 19.1 Å². The first-order valence-electron chi connectivity index (χ1n) is 10.5. The van der Waals surface area contributed by atoms with E-state index in [0.29, 0.717) is 0 Å². The molecule has 0 saturated carbocycles. The van der Waals surface area contributed by atoms with E-state index in [0.717, 1.165) is 39.3 Å². The highest BCUT2D eigenvalue weighted by atomic mass is 28.4. The molecular weight excluding hydrogens is 326 g/mol. The molecule has 0 aromatic rings. The van der Waals surface area contributed by atoms with Gasteiger partial charge in [-0.2, -0.15) is 0 Å². The summed E-state index contributed by atoms with van der Waals surface area (Å²) in [4.78, 5) is 7.85. The molecule has 0 aromatic carbocycles. The molecule has 0 aliphatic rings. The molecule has 0 saturated heterocycles. The quantitative estimate of drug-likeness (QED) is 0.406. The Balaban J connectivity index is 5.79. The Morgan fingerprint density at radius 2 is 0.920 bits per heavy atom. The van der Waals surface area contributed by atoms with Gasteiger partial charge in [0.1, 0.15) is 0 Å². The molecule has 25 heavy (non-hydrogen) atoms. The average molecular weight is 374 g/mol. The van der Waals surface area contributed by atoms with Crippen molar-refractivity contribution in [2.75, 3.05) is 66.0 Å². The largest absolute Gasteiger partial charge is 0.420 e. The van der Waals surface area contributed by atoms with Crippen LogP contribution in [0.3, 0.4) is 0 Å². The van der Waals surface area contributed by atoms with E-state index in [1.807, 2.05) is 7.11 Å². The van der Waals surface area contributed by atoms with Crippen LogP contribution in [0.25, 0.3) is 0 Å². The number of rotatable bonds is 15. The van der Waals surface area contributed by atoms with Crippen LogP contribution in [-0.2, 0) is 4.43 Å². The monoisotopic (exact) mass is 373 g/mol. The lowest BCUT2D eigenvalue weighted by Crippen LogP contribution is -2.55. The first-order chi connectivity index (χ1) is 11.7. The van der Waals surface area contributed by atoms with Crippen LogP contribution in [0.4, 0.5) is 0 Å². The summed E-state index contributed by atoms with van der Waals surface area (Å²) in [7, 11) is 0.250. The maximum absolute atomic E-state index is 6.02. The van der Waals surface area contributed by atoms with E-state index in [2.05, 4.69) is 69.3 Å². The number of hydrogen-bond acceptors (Lipinski definition) is 4. The molecule has 0 aromatic heterocycles. The highest BCUT2D eigenvalue weighted by molar-refractivity contribution is 6.71. The number of hydrogen-bond donors (Lipinski definition) is 0. The zero-order chi connectivity index (χ0) is 19.5. The van der Waals surface area contributed by atoms with Gasteiger partial charge in [0.2, 0.25) is 0 Å². The molecule has 4 nitrogen and oxygen atoms in total. The Bertz CT molecular complexity index is 291.